The van der Waals surface area contributed by atoms with E-state index in [0.717, 1.165) is 16.5 Å². The highest BCUT2D eigenvalue weighted by molar-refractivity contribution is 5.96. The van der Waals surface area contributed by atoms with E-state index in [2.05, 4.69) is 0 Å². The SMILES string of the molecule is CC1(c2ccccc2)CCCC2N(CC(F)(F)F)C(=O)c3c(O)c(=O)ccn3N21. The van der Waals surface area contributed by atoms with Crippen molar-refractivity contribution < 1.29 is 23.1 Å². The molecule has 0 aliphatic carbocycles. The van der Waals surface area contributed by atoms with Crippen LogP contribution in [0.15, 0.2) is 47.4 Å². The van der Waals surface area contributed by atoms with E-state index in [1.54, 1.807) is 5.01 Å². The summed E-state index contributed by atoms with van der Waals surface area (Å²) in [6.07, 6.45) is -2.54. The van der Waals surface area contributed by atoms with E-state index in [9.17, 15) is 27.9 Å². The predicted octanol–water partition coefficient (Wildman–Crippen LogP) is 2.94. The molecule has 0 saturated carbocycles. The Morgan fingerprint density at radius 1 is 1.17 bits per heavy atom. The van der Waals surface area contributed by atoms with Crippen molar-refractivity contribution in [2.75, 3.05) is 11.6 Å². The van der Waals surface area contributed by atoms with Gasteiger partial charge in [0.2, 0.25) is 5.43 Å². The summed E-state index contributed by atoms with van der Waals surface area (Å²) in [4.78, 5) is 25.6. The molecular formula is C20H20F3N3O3. The largest absolute Gasteiger partial charge is 0.502 e. The molecule has 1 amide bonds. The van der Waals surface area contributed by atoms with Crippen molar-refractivity contribution in [3.8, 4) is 5.75 Å². The molecule has 1 aromatic heterocycles. The number of hydrogen-bond acceptors (Lipinski definition) is 4. The van der Waals surface area contributed by atoms with Crippen LogP contribution in [-0.4, -0.2) is 39.5 Å². The van der Waals surface area contributed by atoms with Crippen molar-refractivity contribution in [3.05, 3.63) is 64.1 Å². The first-order chi connectivity index (χ1) is 13.6. The van der Waals surface area contributed by atoms with Gasteiger partial charge in [-0.25, -0.2) is 0 Å². The minimum atomic E-state index is -4.62. The molecule has 0 spiro atoms. The van der Waals surface area contributed by atoms with Crippen LogP contribution in [-0.2, 0) is 5.54 Å². The highest BCUT2D eigenvalue weighted by Gasteiger charge is 2.51. The molecule has 1 fully saturated rings. The summed E-state index contributed by atoms with van der Waals surface area (Å²) in [6.45, 7) is 0.440. The Hall–Kier alpha value is -2.97. The molecule has 2 aromatic rings. The van der Waals surface area contributed by atoms with Crippen LogP contribution in [0.5, 0.6) is 5.75 Å². The van der Waals surface area contributed by atoms with Gasteiger partial charge in [-0.2, -0.15) is 13.2 Å². The molecule has 2 aliphatic rings. The fourth-order valence-electron chi connectivity index (χ4n) is 4.48. The lowest BCUT2D eigenvalue weighted by atomic mass is 9.81. The van der Waals surface area contributed by atoms with Gasteiger partial charge in [-0.1, -0.05) is 30.3 Å². The van der Waals surface area contributed by atoms with Crippen LogP contribution >= 0.6 is 0 Å². The number of alkyl halides is 3. The highest BCUT2D eigenvalue weighted by Crippen LogP contribution is 2.43. The molecule has 9 heteroatoms. The fourth-order valence-corrected chi connectivity index (χ4v) is 4.48. The molecule has 1 aromatic carbocycles. The maximum Gasteiger partial charge on any atom is 0.406 e. The summed E-state index contributed by atoms with van der Waals surface area (Å²) in [5.74, 6) is -1.85. The highest BCUT2D eigenvalue weighted by atomic mass is 19.4. The molecule has 0 bridgehead atoms. The van der Waals surface area contributed by atoms with E-state index >= 15 is 0 Å². The van der Waals surface area contributed by atoms with Gasteiger partial charge in [0, 0.05) is 12.3 Å². The monoisotopic (exact) mass is 407 g/mol. The molecule has 154 valence electrons. The Kier molecular flexibility index (Phi) is 4.36. The van der Waals surface area contributed by atoms with Gasteiger partial charge in [-0.05, 0) is 31.7 Å². The van der Waals surface area contributed by atoms with Crippen LogP contribution in [0.3, 0.4) is 0 Å². The Bertz CT molecular complexity index is 1010. The van der Waals surface area contributed by atoms with E-state index in [1.165, 1.54) is 10.9 Å². The van der Waals surface area contributed by atoms with Gasteiger partial charge in [0.1, 0.15) is 12.7 Å². The minimum Gasteiger partial charge on any atom is -0.502 e. The number of aromatic hydroxyl groups is 1. The number of aromatic nitrogens is 1. The number of hydrogen-bond donors (Lipinski definition) is 1. The van der Waals surface area contributed by atoms with Gasteiger partial charge in [0.05, 0.1) is 5.54 Å². The zero-order valence-corrected chi connectivity index (χ0v) is 15.7. The lowest BCUT2D eigenvalue weighted by Crippen LogP contribution is -2.69. The number of benzene rings is 1. The summed E-state index contributed by atoms with van der Waals surface area (Å²) in [6, 6.07) is 10.4. The number of carbonyl (C=O) groups is 1. The zero-order chi connectivity index (χ0) is 21.0. The first-order valence-corrected chi connectivity index (χ1v) is 9.31. The van der Waals surface area contributed by atoms with Gasteiger partial charge < -0.3 is 10.0 Å². The van der Waals surface area contributed by atoms with Gasteiger partial charge >= 0.3 is 6.18 Å². The van der Waals surface area contributed by atoms with Crippen molar-refractivity contribution in [2.45, 2.75) is 44.1 Å². The Morgan fingerprint density at radius 2 is 1.86 bits per heavy atom. The van der Waals surface area contributed by atoms with Crippen molar-refractivity contribution >= 4 is 5.91 Å². The van der Waals surface area contributed by atoms with E-state index in [4.69, 9.17) is 0 Å². The molecular weight excluding hydrogens is 387 g/mol. The van der Waals surface area contributed by atoms with Crippen LogP contribution in [0.1, 0.15) is 42.2 Å². The van der Waals surface area contributed by atoms with Gasteiger partial charge in [-0.15, -0.1) is 0 Å². The smallest absolute Gasteiger partial charge is 0.406 e. The van der Waals surface area contributed by atoms with Crippen molar-refractivity contribution in [3.63, 3.8) is 0 Å². The molecule has 6 nitrogen and oxygen atoms in total. The molecule has 1 saturated heterocycles. The van der Waals surface area contributed by atoms with Crippen molar-refractivity contribution in [1.82, 2.24) is 9.58 Å². The van der Waals surface area contributed by atoms with Crippen LogP contribution in [0.25, 0.3) is 0 Å². The maximum absolute atomic E-state index is 13.3. The fraction of sp³-hybridized carbons (Fsp3) is 0.400. The second kappa shape index (κ2) is 6.53. The summed E-state index contributed by atoms with van der Waals surface area (Å²) < 4.78 is 41.3. The average Bonchev–Trinajstić information content (AvgIpc) is 2.67. The standard InChI is InChI=1S/C20H20F3N3O3/c1-19(13-6-3-2-4-7-13)10-5-8-15-24(12-20(21,22)23)18(29)16-17(28)14(27)9-11-25(16)26(15)19/h2-4,6-7,9,11,15,28H,5,8,10,12H2,1H3. The van der Waals surface area contributed by atoms with Gasteiger partial charge in [0.15, 0.2) is 11.4 Å². The van der Waals surface area contributed by atoms with E-state index in [1.807, 2.05) is 37.3 Å². The number of rotatable bonds is 2. The number of amides is 1. The number of carbonyl (C=O) groups excluding carboxylic acids is 1. The molecule has 1 N–H and O–H groups in total. The normalized spacial score (nSPS) is 24.3. The Morgan fingerprint density at radius 3 is 2.52 bits per heavy atom. The molecule has 2 unspecified atom stereocenters. The summed E-state index contributed by atoms with van der Waals surface area (Å²) >= 11 is 0. The summed E-state index contributed by atoms with van der Waals surface area (Å²) in [5.41, 5.74) is -1.13. The third-order valence-corrected chi connectivity index (χ3v) is 5.77. The third-order valence-electron chi connectivity index (χ3n) is 5.77. The number of pyridine rings is 1. The second-order valence-corrected chi connectivity index (χ2v) is 7.63. The summed E-state index contributed by atoms with van der Waals surface area (Å²) in [5, 5.41) is 12.0. The summed E-state index contributed by atoms with van der Waals surface area (Å²) in [7, 11) is 0. The lowest BCUT2D eigenvalue weighted by molar-refractivity contribution is -0.148. The third kappa shape index (κ3) is 3.04. The lowest BCUT2D eigenvalue weighted by Gasteiger charge is -2.57. The Labute approximate surface area is 164 Å². The molecule has 2 aliphatic heterocycles. The van der Waals surface area contributed by atoms with Crippen molar-refractivity contribution in [1.29, 1.82) is 0 Å². The van der Waals surface area contributed by atoms with Crippen molar-refractivity contribution in [2.24, 2.45) is 0 Å². The number of nitrogens with zero attached hydrogens (tertiary/aromatic N) is 3. The number of halogens is 3. The molecule has 0 radical (unpaired) electrons. The molecule has 4 rings (SSSR count). The second-order valence-electron chi connectivity index (χ2n) is 7.63. The van der Waals surface area contributed by atoms with Gasteiger partial charge in [-0.3, -0.25) is 19.3 Å². The van der Waals surface area contributed by atoms with E-state index in [-0.39, 0.29) is 0 Å². The first-order valence-electron chi connectivity index (χ1n) is 9.31. The Balaban J connectivity index is 1.95. The zero-order valence-electron chi connectivity index (χ0n) is 15.7. The topological polar surface area (TPSA) is 65.8 Å². The van der Waals surface area contributed by atoms with Gasteiger partial charge in [0.25, 0.3) is 5.91 Å². The predicted molar refractivity (Wildman–Crippen MR) is 99.1 cm³/mol. The van der Waals surface area contributed by atoms with Crippen LogP contribution in [0.2, 0.25) is 0 Å². The number of fused-ring (bicyclic) bond motifs is 3. The van der Waals surface area contributed by atoms with E-state index in [0.29, 0.717) is 19.3 Å². The van der Waals surface area contributed by atoms with E-state index < -0.39 is 47.2 Å². The molecule has 2 atom stereocenters. The first kappa shape index (κ1) is 19.4. The minimum absolute atomic E-state index is 0.344. The molecule has 3 heterocycles. The average molecular weight is 407 g/mol. The number of piperidine rings is 1. The molecule has 29 heavy (non-hydrogen) atoms. The van der Waals surface area contributed by atoms with Crippen LogP contribution in [0, 0.1) is 0 Å². The van der Waals surface area contributed by atoms with Crippen LogP contribution in [0.4, 0.5) is 13.2 Å². The quantitative estimate of drug-likeness (QED) is 0.832. The maximum atomic E-state index is 13.3. The van der Waals surface area contributed by atoms with Crippen LogP contribution < -0.4 is 10.4 Å².